The average molecular weight is 370 g/mol. The van der Waals surface area contributed by atoms with Crippen LogP contribution in [0.3, 0.4) is 0 Å². The van der Waals surface area contributed by atoms with Gasteiger partial charge in [-0.05, 0) is 15.9 Å². The molecule has 2 aromatic carbocycles. The van der Waals surface area contributed by atoms with Crippen molar-refractivity contribution in [2.24, 2.45) is 0 Å². The van der Waals surface area contributed by atoms with Gasteiger partial charge in [0.25, 0.3) is 8.32 Å². The smallest absolute Gasteiger partial charge is 0.266 e. The van der Waals surface area contributed by atoms with E-state index in [2.05, 4.69) is 67.4 Å². The summed E-state index contributed by atoms with van der Waals surface area (Å²) in [5.74, 6) is 1.53. The fourth-order valence-electron chi connectivity index (χ4n) is 3.99. The molecule has 128 valence electrons. The number of benzene rings is 2. The summed E-state index contributed by atoms with van der Waals surface area (Å²) in [7, 11) is -2.37. The van der Waals surface area contributed by atoms with E-state index in [0.29, 0.717) is 12.5 Å². The van der Waals surface area contributed by atoms with Crippen molar-refractivity contribution in [1.82, 2.24) is 4.98 Å². The second-order valence-corrected chi connectivity index (χ2v) is 11.1. The van der Waals surface area contributed by atoms with E-state index in [1.165, 1.54) is 15.9 Å². The Morgan fingerprint density at radius 3 is 2.52 bits per heavy atom. The minimum absolute atomic E-state index is 0.0136. The molecule has 0 amide bonds. The molecule has 25 heavy (non-hydrogen) atoms. The Bertz CT molecular complexity index is 893. The number of oxazole rings is 1. The fraction of sp³-hybridized carbons (Fsp3) is 0.250. The Labute approximate surface area is 153 Å². The van der Waals surface area contributed by atoms with Gasteiger partial charge in [-0.25, -0.2) is 4.98 Å². The standard InChI is InChI=1S/C20H20ClNO2Si/c1-20(2)17-10-6-7-11-18(17)25(20,16-8-4-3-5-9-16)23-14-15-13-22-19(12-21)24-15/h3-11,13H,12,14H2,1-2H3. The van der Waals surface area contributed by atoms with Crippen molar-refractivity contribution in [3.05, 3.63) is 78.0 Å². The summed E-state index contributed by atoms with van der Waals surface area (Å²) >= 11 is 5.79. The number of halogens is 1. The molecule has 1 aromatic heterocycles. The number of aromatic nitrogens is 1. The first kappa shape index (κ1) is 16.6. The Hall–Kier alpha value is -1.88. The molecule has 5 heteroatoms. The molecular formula is C20H20ClNO2Si. The Morgan fingerprint density at radius 2 is 1.80 bits per heavy atom. The van der Waals surface area contributed by atoms with Gasteiger partial charge < -0.3 is 8.84 Å². The van der Waals surface area contributed by atoms with Crippen molar-refractivity contribution in [3.63, 3.8) is 0 Å². The molecule has 0 radical (unpaired) electrons. The molecule has 3 aromatic rings. The zero-order valence-corrected chi connectivity index (χ0v) is 16.1. The molecule has 2 heterocycles. The number of rotatable bonds is 5. The van der Waals surface area contributed by atoms with Crippen LogP contribution >= 0.6 is 11.6 Å². The van der Waals surface area contributed by atoms with E-state index < -0.39 is 8.32 Å². The minimum atomic E-state index is -2.37. The van der Waals surface area contributed by atoms with Crippen molar-refractivity contribution in [3.8, 4) is 0 Å². The van der Waals surface area contributed by atoms with E-state index >= 15 is 0 Å². The van der Waals surface area contributed by atoms with Crippen LogP contribution in [0.1, 0.15) is 31.1 Å². The molecular weight excluding hydrogens is 350 g/mol. The highest BCUT2D eigenvalue weighted by Gasteiger charge is 2.63. The average Bonchev–Trinajstić information content (AvgIpc) is 3.11. The van der Waals surface area contributed by atoms with Gasteiger partial charge in [-0.15, -0.1) is 11.6 Å². The SMILES string of the molecule is CC1(C)c2ccccc2[Si]1(OCc1cnc(CCl)o1)c1ccccc1. The third-order valence-corrected chi connectivity index (χ3v) is 10.4. The molecule has 1 unspecified atom stereocenters. The summed E-state index contributed by atoms with van der Waals surface area (Å²) in [6.45, 7) is 4.99. The van der Waals surface area contributed by atoms with Gasteiger partial charge in [-0.2, -0.15) is 0 Å². The lowest BCUT2D eigenvalue weighted by Gasteiger charge is -2.54. The first-order valence-electron chi connectivity index (χ1n) is 8.38. The zero-order chi connectivity index (χ0) is 17.5. The summed E-state index contributed by atoms with van der Waals surface area (Å²) in [5, 5.41) is 2.62. The molecule has 1 atom stereocenters. The summed E-state index contributed by atoms with van der Waals surface area (Å²) in [6.07, 6.45) is 1.71. The van der Waals surface area contributed by atoms with E-state index in [1.54, 1.807) is 6.20 Å². The number of hydrogen-bond acceptors (Lipinski definition) is 3. The second kappa shape index (κ2) is 6.13. The molecule has 0 fully saturated rings. The predicted molar refractivity (Wildman–Crippen MR) is 102 cm³/mol. The first-order valence-corrected chi connectivity index (χ1v) is 10.8. The lowest BCUT2D eigenvalue weighted by molar-refractivity contribution is 0.245. The molecule has 0 N–H and O–H groups in total. The van der Waals surface area contributed by atoms with Crippen molar-refractivity contribution in [2.75, 3.05) is 0 Å². The van der Waals surface area contributed by atoms with Gasteiger partial charge >= 0.3 is 0 Å². The number of alkyl halides is 1. The van der Waals surface area contributed by atoms with Crippen molar-refractivity contribution in [1.29, 1.82) is 0 Å². The highest BCUT2D eigenvalue weighted by Crippen LogP contribution is 2.42. The van der Waals surface area contributed by atoms with Crippen LogP contribution in [0.5, 0.6) is 0 Å². The van der Waals surface area contributed by atoms with Crippen molar-refractivity contribution < 1.29 is 8.84 Å². The van der Waals surface area contributed by atoms with E-state index in [4.69, 9.17) is 20.4 Å². The van der Waals surface area contributed by atoms with Crippen LogP contribution in [0.15, 0.2) is 65.2 Å². The zero-order valence-electron chi connectivity index (χ0n) is 14.3. The number of hydrogen-bond donors (Lipinski definition) is 0. The third-order valence-electron chi connectivity index (χ3n) is 5.19. The van der Waals surface area contributed by atoms with Gasteiger partial charge in [0.05, 0.1) is 18.7 Å². The topological polar surface area (TPSA) is 35.3 Å². The molecule has 0 spiro atoms. The minimum Gasteiger partial charge on any atom is -0.442 e. The molecule has 0 saturated carbocycles. The summed E-state index contributed by atoms with van der Waals surface area (Å²) in [5.41, 5.74) is 1.38. The summed E-state index contributed by atoms with van der Waals surface area (Å²) in [4.78, 5) is 4.17. The van der Waals surface area contributed by atoms with Crippen molar-refractivity contribution >= 4 is 30.3 Å². The summed E-state index contributed by atoms with van der Waals surface area (Å²) < 4.78 is 12.3. The van der Waals surface area contributed by atoms with Gasteiger partial charge in [-0.3, -0.25) is 0 Å². The highest BCUT2D eigenvalue weighted by molar-refractivity contribution is 7.03. The number of fused-ring (bicyclic) bond motifs is 1. The molecule has 0 aliphatic carbocycles. The Morgan fingerprint density at radius 1 is 1.08 bits per heavy atom. The van der Waals surface area contributed by atoms with Crippen LogP contribution in [-0.4, -0.2) is 13.3 Å². The normalized spacial score (nSPS) is 20.8. The molecule has 1 aliphatic rings. The van der Waals surface area contributed by atoms with E-state index in [0.717, 1.165) is 5.76 Å². The van der Waals surface area contributed by atoms with Gasteiger partial charge in [0, 0.05) is 5.04 Å². The van der Waals surface area contributed by atoms with Gasteiger partial charge in [0.1, 0.15) is 5.76 Å². The second-order valence-electron chi connectivity index (χ2n) is 6.86. The van der Waals surface area contributed by atoms with Gasteiger partial charge in [0.15, 0.2) is 0 Å². The predicted octanol–water partition coefficient (Wildman–Crippen LogP) is 3.52. The van der Waals surface area contributed by atoms with Gasteiger partial charge in [-0.1, -0.05) is 68.4 Å². The van der Waals surface area contributed by atoms with E-state index in [9.17, 15) is 0 Å². The van der Waals surface area contributed by atoms with Crippen LogP contribution in [0.25, 0.3) is 0 Å². The Kier molecular flexibility index (Phi) is 4.06. The third kappa shape index (κ3) is 2.40. The van der Waals surface area contributed by atoms with Crippen molar-refractivity contribution in [2.45, 2.75) is 31.4 Å². The maximum atomic E-state index is 6.70. The lowest BCUT2D eigenvalue weighted by atomic mass is 10.0. The van der Waals surface area contributed by atoms with Crippen LogP contribution in [0, 0.1) is 0 Å². The van der Waals surface area contributed by atoms with Crippen LogP contribution in [0.4, 0.5) is 0 Å². The maximum Gasteiger partial charge on any atom is 0.266 e. The first-order chi connectivity index (χ1) is 12.1. The van der Waals surface area contributed by atoms with Crippen LogP contribution < -0.4 is 10.4 Å². The monoisotopic (exact) mass is 369 g/mol. The largest absolute Gasteiger partial charge is 0.442 e. The van der Waals surface area contributed by atoms with E-state index in [1.807, 2.05) is 6.07 Å². The quantitative estimate of drug-likeness (QED) is 0.510. The maximum absolute atomic E-state index is 6.70. The fourth-order valence-corrected chi connectivity index (χ4v) is 9.03. The molecule has 0 saturated heterocycles. The number of nitrogens with zero attached hydrogens (tertiary/aromatic N) is 1. The Balaban J connectivity index is 1.76. The van der Waals surface area contributed by atoms with E-state index in [-0.39, 0.29) is 10.9 Å². The van der Waals surface area contributed by atoms with Crippen LogP contribution in [0.2, 0.25) is 0 Å². The highest BCUT2D eigenvalue weighted by atomic mass is 35.5. The summed E-state index contributed by atoms with van der Waals surface area (Å²) in [6, 6.07) is 19.2. The van der Waals surface area contributed by atoms with Gasteiger partial charge in [0.2, 0.25) is 5.89 Å². The molecule has 0 bridgehead atoms. The lowest BCUT2D eigenvalue weighted by Crippen LogP contribution is -2.80. The molecule has 1 aliphatic heterocycles. The molecule has 4 rings (SSSR count). The molecule has 3 nitrogen and oxygen atoms in total. The van der Waals surface area contributed by atoms with Crippen LogP contribution in [-0.2, 0) is 22.0 Å².